The van der Waals surface area contributed by atoms with Gasteiger partial charge in [0.25, 0.3) is 0 Å². The second kappa shape index (κ2) is 17.9. The van der Waals surface area contributed by atoms with Crippen LogP contribution in [0.15, 0.2) is 78.9 Å². The minimum absolute atomic E-state index is 0. The molecule has 0 aliphatic carbocycles. The molecule has 2 aliphatic rings. The average molecular weight is 839 g/mol. The minimum atomic E-state index is -0.353. The van der Waals surface area contributed by atoms with Crippen molar-refractivity contribution in [2.24, 2.45) is 0 Å². The maximum atomic E-state index is 14.1. The Kier molecular flexibility index (Phi) is 13.7. The van der Waals surface area contributed by atoms with E-state index >= 15 is 0 Å². The van der Waals surface area contributed by atoms with Gasteiger partial charge in [-0.2, -0.15) is 0 Å². The van der Waals surface area contributed by atoms with Crippen LogP contribution in [-0.2, 0) is 16.7 Å². The zero-order valence-electron chi connectivity index (χ0n) is 33.7. The number of benzene rings is 4. The topological polar surface area (TPSA) is 45.2 Å². The van der Waals surface area contributed by atoms with Crippen LogP contribution in [0.3, 0.4) is 0 Å². The number of hydrogen-bond donors (Lipinski definition) is 0. The zero-order chi connectivity index (χ0) is 38.0. The van der Waals surface area contributed by atoms with Crippen LogP contribution in [-0.4, -0.2) is 48.1 Å². The van der Waals surface area contributed by atoms with Crippen LogP contribution in [0.1, 0.15) is 131 Å². The molecule has 0 radical (unpaired) electrons. The summed E-state index contributed by atoms with van der Waals surface area (Å²) in [4.78, 5) is 21.5. The van der Waals surface area contributed by atoms with E-state index in [1.807, 2.05) is 35.2 Å². The fourth-order valence-electron chi connectivity index (χ4n) is 7.71. The Labute approximate surface area is 337 Å². The second-order valence-electron chi connectivity index (χ2n) is 15.6. The molecule has 0 bridgehead atoms. The molecule has 291 valence electrons. The molecular weight excluding hydrogens is 779 g/mol. The molecule has 1 fully saturated rings. The molecule has 4 aromatic rings. The van der Waals surface area contributed by atoms with Crippen molar-refractivity contribution in [3.63, 3.8) is 0 Å². The smallest absolute Gasteiger partial charge is 0.147 e. The summed E-state index contributed by atoms with van der Waals surface area (Å²) in [5, 5.41) is 0. The number of rotatable bonds is 11. The third-order valence-corrected chi connectivity index (χ3v) is 13.1. The number of nitrogens with zero attached hydrogens (tertiary/aromatic N) is 3. The molecule has 4 aromatic carbocycles. The predicted octanol–water partition coefficient (Wildman–Crippen LogP) is 11.0. The van der Waals surface area contributed by atoms with Crippen molar-refractivity contribution in [1.29, 1.82) is 0 Å². The quantitative estimate of drug-likeness (QED) is 0.141. The summed E-state index contributed by atoms with van der Waals surface area (Å²) < 4.78 is 14.7. The van der Waals surface area contributed by atoms with Gasteiger partial charge in [0.2, 0.25) is 0 Å². The Balaban J connectivity index is 0.00000561. The molecule has 8 heteroatoms. The molecule has 2 aliphatic heterocycles. The molecule has 1 amide bonds. The Morgan fingerprint density at radius 1 is 0.759 bits per heavy atom. The number of halogens is 1. The molecule has 1 saturated heterocycles. The number of hydrogen-bond acceptors (Lipinski definition) is 5. The molecule has 54 heavy (non-hydrogen) atoms. The van der Waals surface area contributed by atoms with E-state index in [0.29, 0.717) is 35.8 Å². The van der Waals surface area contributed by atoms with Gasteiger partial charge in [0.1, 0.15) is 0 Å². The first-order valence-corrected chi connectivity index (χ1v) is 21.4. The summed E-state index contributed by atoms with van der Waals surface area (Å²) in [5.74, 6) is 3.15. The molecule has 0 saturated carbocycles. The summed E-state index contributed by atoms with van der Waals surface area (Å²) in [6.07, 6.45) is 0.721. The van der Waals surface area contributed by atoms with Gasteiger partial charge in [-0.1, -0.05) is 0 Å². The predicted molar refractivity (Wildman–Crippen MR) is 226 cm³/mol. The van der Waals surface area contributed by atoms with Gasteiger partial charge in [-0.25, -0.2) is 0 Å². The number of methoxy groups -OCH3 is 1. The molecule has 1 atom stereocenters. The number of para-hydroxylation sites is 3. The van der Waals surface area contributed by atoms with Crippen molar-refractivity contribution in [2.45, 2.75) is 103 Å². The summed E-state index contributed by atoms with van der Waals surface area (Å²) in [6.45, 7) is 23.2. The first kappa shape index (κ1) is 41.5. The van der Waals surface area contributed by atoms with Crippen LogP contribution in [0, 0.1) is 0 Å². The van der Waals surface area contributed by atoms with Crippen LogP contribution in [0.4, 0.5) is 17.1 Å². The van der Waals surface area contributed by atoms with Gasteiger partial charge in [0.05, 0.1) is 0 Å². The van der Waals surface area contributed by atoms with Gasteiger partial charge < -0.3 is 0 Å². The van der Waals surface area contributed by atoms with Crippen molar-refractivity contribution in [2.75, 3.05) is 41.4 Å². The summed E-state index contributed by atoms with van der Waals surface area (Å²) >= 11 is -0.353. The standard InChI is InChI=1S/C27H39N2.C19H19NO3.ClH.Ru/c1-18(2)22-11-9-12-23(19(3)4)26(22)28-15-16-29(17-28)27-24(20(5)6)13-10-14-25(27)21(7)8;1-4-15-12-20(17-7-5-6-13(2)18(17)23-15)19(21)14-8-10-16(22-3)11-9-14;;/h9-14,17-21H,15-16H2,1-8H3;2,5-11,15H,4,12H2,1,3H3;1H;. The van der Waals surface area contributed by atoms with Crippen LogP contribution in [0.25, 0.3) is 0 Å². The Morgan fingerprint density at radius 2 is 1.24 bits per heavy atom. The van der Waals surface area contributed by atoms with Gasteiger partial charge in [0.15, 0.2) is 0 Å². The minimum Gasteiger partial charge on any atom is -0.147 e. The molecule has 6 rings (SSSR count). The molecule has 6 nitrogen and oxygen atoms in total. The van der Waals surface area contributed by atoms with Gasteiger partial charge in [-0.05, 0) is 0 Å². The molecular formula is C46H59ClN3O3Ru. The van der Waals surface area contributed by atoms with E-state index in [0.717, 1.165) is 42.3 Å². The van der Waals surface area contributed by atoms with Crippen molar-refractivity contribution >= 4 is 40.0 Å². The summed E-state index contributed by atoms with van der Waals surface area (Å²) in [7, 11) is 1.64. The third kappa shape index (κ3) is 8.28. The van der Waals surface area contributed by atoms with Crippen LogP contribution < -0.4 is 24.2 Å². The summed E-state index contributed by atoms with van der Waals surface area (Å²) in [6, 6.07) is 27.5. The SMILES string of the molecule is CCC1CN(C(=O)c2ccc(OC)cc2)c2cccc(/[CH]=[Ru]/[CH]3N(c4c(C(C)C)cccc4C(C)C)CCN3c3c(C(C)C)cccc3C(C)C)c2O1.Cl. The first-order valence-electron chi connectivity index (χ1n) is 19.4. The van der Waals surface area contributed by atoms with Crippen LogP contribution >= 0.6 is 12.4 Å². The fourth-order valence-corrected chi connectivity index (χ4v) is 10.2. The number of ether oxygens (including phenoxy) is 2. The second-order valence-corrected chi connectivity index (χ2v) is 17.6. The van der Waals surface area contributed by atoms with E-state index in [4.69, 9.17) is 9.47 Å². The fraction of sp³-hybridized carbons (Fsp3) is 0.435. The molecule has 2 heterocycles. The van der Waals surface area contributed by atoms with Crippen molar-refractivity contribution in [3.8, 4) is 11.5 Å². The Morgan fingerprint density at radius 3 is 1.69 bits per heavy atom. The van der Waals surface area contributed by atoms with Gasteiger partial charge >= 0.3 is 327 Å². The van der Waals surface area contributed by atoms with Gasteiger partial charge in [-0.15, -0.1) is 12.4 Å². The van der Waals surface area contributed by atoms with Crippen LogP contribution in [0.2, 0.25) is 0 Å². The monoisotopic (exact) mass is 838 g/mol. The number of amides is 1. The Hall–Kier alpha value is -3.67. The normalized spacial score (nSPS) is 16.3. The maximum Gasteiger partial charge on any atom is -0.147 e. The van der Waals surface area contributed by atoms with E-state index < -0.39 is 0 Å². The van der Waals surface area contributed by atoms with Gasteiger partial charge in [-0.3, -0.25) is 0 Å². The molecule has 0 N–H and O–H groups in total. The van der Waals surface area contributed by atoms with Gasteiger partial charge in [0, 0.05) is 0 Å². The van der Waals surface area contributed by atoms with Crippen molar-refractivity contribution in [1.82, 2.24) is 0 Å². The van der Waals surface area contributed by atoms with E-state index in [1.54, 1.807) is 7.11 Å². The first-order chi connectivity index (χ1) is 25.4. The number of carbonyl (C=O) groups is 1. The third-order valence-electron chi connectivity index (χ3n) is 10.6. The summed E-state index contributed by atoms with van der Waals surface area (Å²) in [5.41, 5.74) is 11.1. The molecule has 1 unspecified atom stereocenters. The number of anilines is 3. The van der Waals surface area contributed by atoms with E-state index in [2.05, 4.69) is 125 Å². The maximum absolute atomic E-state index is 14.1. The van der Waals surface area contributed by atoms with Crippen molar-refractivity contribution in [3.05, 3.63) is 112 Å². The average Bonchev–Trinajstić information content (AvgIpc) is 3.58. The number of fused-ring (bicyclic) bond motifs is 1. The van der Waals surface area contributed by atoms with E-state index in [-0.39, 0.29) is 45.9 Å². The van der Waals surface area contributed by atoms with E-state index in [1.165, 1.54) is 33.6 Å². The zero-order valence-corrected chi connectivity index (χ0v) is 36.3. The number of carbonyl (C=O) groups excluding carboxylic acids is 1. The van der Waals surface area contributed by atoms with Crippen LogP contribution in [0.5, 0.6) is 11.5 Å². The van der Waals surface area contributed by atoms with Crippen molar-refractivity contribution < 1.29 is 30.9 Å². The Bertz CT molecular complexity index is 1820. The molecule has 0 spiro atoms. The largest absolute Gasteiger partial charge is 0.147 e. The van der Waals surface area contributed by atoms with E-state index in [9.17, 15) is 4.79 Å². The molecule has 0 aromatic heterocycles.